The van der Waals surface area contributed by atoms with Crippen LogP contribution < -0.4 is 0 Å². The molecule has 42 heavy (non-hydrogen) atoms. The zero-order valence-electron chi connectivity index (χ0n) is 23.4. The molecule has 5 nitrogen and oxygen atoms in total. The highest BCUT2D eigenvalue weighted by Crippen LogP contribution is 2.59. The Balaban J connectivity index is 1.28. The van der Waals surface area contributed by atoms with Gasteiger partial charge in [0.1, 0.15) is 11.2 Å². The molecule has 8 heteroatoms. The highest BCUT2D eigenvalue weighted by molar-refractivity contribution is 5.91. The van der Waals surface area contributed by atoms with Gasteiger partial charge in [-0.1, -0.05) is 54.6 Å². The van der Waals surface area contributed by atoms with E-state index >= 15 is 0 Å². The molecular weight excluding hydrogens is 543 g/mol. The van der Waals surface area contributed by atoms with Crippen LogP contribution in [0.5, 0.6) is 0 Å². The van der Waals surface area contributed by atoms with Gasteiger partial charge in [-0.05, 0) is 83.5 Å². The topological polar surface area (TPSA) is 63.7 Å². The molecule has 0 aromatic heterocycles. The molecule has 0 bridgehead atoms. The fourth-order valence-corrected chi connectivity index (χ4v) is 6.46. The fraction of sp³-hybridized carbons (Fsp3) is 0.382. The molecular formula is C34H32F3NO4. The molecule has 6 rings (SSSR count). The van der Waals surface area contributed by atoms with E-state index in [1.165, 1.54) is 17.6 Å². The number of esters is 1. The van der Waals surface area contributed by atoms with Crippen molar-refractivity contribution in [3.8, 4) is 11.1 Å². The van der Waals surface area contributed by atoms with Gasteiger partial charge in [0.05, 0.1) is 12.7 Å². The number of ketones is 1. The molecule has 2 fully saturated rings. The predicted molar refractivity (Wildman–Crippen MR) is 151 cm³/mol. The summed E-state index contributed by atoms with van der Waals surface area (Å²) >= 11 is 0. The minimum absolute atomic E-state index is 0.0110. The normalized spacial score (nSPS) is 20.4. The predicted octanol–water partition coefficient (Wildman–Crippen LogP) is 6.67. The molecule has 218 valence electrons. The number of nitrogens with zero attached hydrogens (tertiary/aromatic N) is 1. The van der Waals surface area contributed by atoms with Gasteiger partial charge in [0, 0.05) is 25.4 Å². The van der Waals surface area contributed by atoms with Crippen LogP contribution in [0.1, 0.15) is 64.2 Å². The summed E-state index contributed by atoms with van der Waals surface area (Å²) in [4.78, 5) is 39.8. The molecule has 0 N–H and O–H groups in total. The van der Waals surface area contributed by atoms with E-state index in [0.717, 1.165) is 34.2 Å². The number of amides is 1. The summed E-state index contributed by atoms with van der Waals surface area (Å²) in [7, 11) is 1.32. The highest BCUT2D eigenvalue weighted by Gasteiger charge is 2.69. The van der Waals surface area contributed by atoms with E-state index < -0.39 is 23.5 Å². The summed E-state index contributed by atoms with van der Waals surface area (Å²) in [5, 5.41) is 0. The lowest BCUT2D eigenvalue weighted by atomic mass is 9.85. The summed E-state index contributed by atoms with van der Waals surface area (Å²) in [5.74, 6) is -0.909. The molecule has 1 amide bonds. The van der Waals surface area contributed by atoms with Crippen LogP contribution in [0, 0.1) is 11.3 Å². The van der Waals surface area contributed by atoms with Crippen molar-refractivity contribution in [3.63, 3.8) is 0 Å². The monoisotopic (exact) mass is 575 g/mol. The molecule has 2 aliphatic carbocycles. The Morgan fingerprint density at radius 1 is 0.976 bits per heavy atom. The van der Waals surface area contributed by atoms with Gasteiger partial charge >= 0.3 is 12.1 Å². The number of aryl methyl sites for hydroxylation is 1. The zero-order valence-corrected chi connectivity index (χ0v) is 23.4. The van der Waals surface area contributed by atoms with Crippen molar-refractivity contribution < 1.29 is 32.3 Å². The third-order valence-electron chi connectivity index (χ3n) is 9.17. The lowest BCUT2D eigenvalue weighted by molar-refractivity contribution is -0.199. The second-order valence-electron chi connectivity index (χ2n) is 11.7. The zero-order chi connectivity index (χ0) is 29.6. The Kier molecular flexibility index (Phi) is 7.19. The lowest BCUT2D eigenvalue weighted by Gasteiger charge is -2.35. The third-order valence-corrected chi connectivity index (χ3v) is 9.17. The van der Waals surface area contributed by atoms with Gasteiger partial charge < -0.3 is 9.64 Å². The molecule has 3 aromatic carbocycles. The first-order chi connectivity index (χ1) is 20.1. The van der Waals surface area contributed by atoms with Gasteiger partial charge in [-0.15, -0.1) is 0 Å². The second kappa shape index (κ2) is 10.7. The Morgan fingerprint density at radius 3 is 2.43 bits per heavy atom. The molecule has 0 saturated heterocycles. The number of carbonyl (C=O) groups excluding carboxylic acids is 3. The van der Waals surface area contributed by atoms with Gasteiger partial charge in [-0.3, -0.25) is 9.59 Å². The number of benzene rings is 3. The molecule has 2 saturated carbocycles. The van der Waals surface area contributed by atoms with Crippen molar-refractivity contribution in [1.82, 2.24) is 4.90 Å². The van der Waals surface area contributed by atoms with Gasteiger partial charge in [0.2, 0.25) is 5.91 Å². The van der Waals surface area contributed by atoms with E-state index in [9.17, 15) is 27.6 Å². The largest absolute Gasteiger partial charge is 0.465 e. The Labute approximate surface area is 242 Å². The molecule has 2 unspecified atom stereocenters. The Bertz CT molecular complexity index is 1540. The van der Waals surface area contributed by atoms with Crippen LogP contribution in [0.15, 0.2) is 66.7 Å². The van der Waals surface area contributed by atoms with E-state index in [-0.39, 0.29) is 43.6 Å². The van der Waals surface area contributed by atoms with E-state index in [1.54, 1.807) is 18.2 Å². The van der Waals surface area contributed by atoms with Gasteiger partial charge in [0.15, 0.2) is 0 Å². The number of methoxy groups -OCH3 is 1. The second-order valence-corrected chi connectivity index (χ2v) is 11.7. The standard InChI is InChI=1S/C34H32F3NO4/c1-42-31(40)24-9-5-8-23(18-24)25-12-10-22(11-13-30(39)28-19-27(28)21-6-3-2-4-7-21)29-20-38(17-14-26(25)29)32(41)33(15-16-33)34(35,36)37/h2-10,12,18,27-28H,11,13-17,19-20H2,1H3. The average Bonchev–Trinajstić information content (AvgIpc) is 3.93. The van der Waals surface area contributed by atoms with Crippen LogP contribution in [-0.2, 0) is 33.7 Å². The fourth-order valence-electron chi connectivity index (χ4n) is 6.46. The molecule has 2 atom stereocenters. The van der Waals surface area contributed by atoms with Crippen molar-refractivity contribution in [1.29, 1.82) is 0 Å². The maximum Gasteiger partial charge on any atom is 0.403 e. The summed E-state index contributed by atoms with van der Waals surface area (Å²) < 4.78 is 46.3. The lowest BCUT2D eigenvalue weighted by Crippen LogP contribution is -2.46. The summed E-state index contributed by atoms with van der Waals surface area (Å²) in [6.45, 7) is 0.243. The van der Waals surface area contributed by atoms with E-state index in [0.29, 0.717) is 24.8 Å². The number of alkyl halides is 3. The molecule has 3 aliphatic rings. The Hall–Kier alpha value is -3.94. The first-order valence-electron chi connectivity index (χ1n) is 14.4. The molecule has 1 aliphatic heterocycles. The summed E-state index contributed by atoms with van der Waals surface area (Å²) in [6.07, 6.45) is -2.93. The summed E-state index contributed by atoms with van der Waals surface area (Å²) in [5.41, 5.74) is 3.55. The first-order valence-corrected chi connectivity index (χ1v) is 14.4. The minimum atomic E-state index is -4.57. The van der Waals surface area contributed by atoms with E-state index in [4.69, 9.17) is 4.74 Å². The number of hydrogen-bond donors (Lipinski definition) is 0. The SMILES string of the molecule is COC(=O)c1cccc(-c2ccc(CCC(=O)C3CC3c3ccccc3)c3c2CCN(C(=O)C2(C(F)(F)F)CC2)C3)c1. The maximum atomic E-state index is 13.8. The molecule has 0 spiro atoms. The quantitative estimate of drug-likeness (QED) is 0.282. The number of fused-ring (bicyclic) bond motifs is 1. The number of rotatable bonds is 8. The van der Waals surface area contributed by atoms with Crippen LogP contribution in [0.3, 0.4) is 0 Å². The van der Waals surface area contributed by atoms with E-state index in [2.05, 4.69) is 0 Å². The molecule has 1 heterocycles. The van der Waals surface area contributed by atoms with Crippen molar-refractivity contribution in [3.05, 3.63) is 94.5 Å². The van der Waals surface area contributed by atoms with E-state index in [1.807, 2.05) is 48.5 Å². The molecule has 0 radical (unpaired) electrons. The number of Topliss-reactive ketones (excluding diaryl/α,β-unsaturated/α-hetero) is 1. The van der Waals surface area contributed by atoms with Gasteiger partial charge in [0.25, 0.3) is 0 Å². The smallest absolute Gasteiger partial charge is 0.403 e. The van der Waals surface area contributed by atoms with Gasteiger partial charge in [-0.25, -0.2) is 4.79 Å². The van der Waals surface area contributed by atoms with Crippen molar-refractivity contribution in [2.24, 2.45) is 11.3 Å². The van der Waals surface area contributed by atoms with Crippen LogP contribution in [-0.4, -0.2) is 42.4 Å². The molecule has 3 aromatic rings. The maximum absolute atomic E-state index is 13.8. The summed E-state index contributed by atoms with van der Waals surface area (Å²) in [6, 6.07) is 20.9. The van der Waals surface area contributed by atoms with Crippen molar-refractivity contribution in [2.45, 2.75) is 57.2 Å². The average molecular weight is 576 g/mol. The van der Waals surface area contributed by atoms with Gasteiger partial charge in [-0.2, -0.15) is 13.2 Å². The number of halogens is 3. The van der Waals surface area contributed by atoms with Crippen LogP contribution in [0.2, 0.25) is 0 Å². The third kappa shape index (κ3) is 5.12. The van der Waals surface area contributed by atoms with Crippen LogP contribution >= 0.6 is 0 Å². The number of hydrogen-bond acceptors (Lipinski definition) is 4. The number of ether oxygens (including phenoxy) is 1. The van der Waals surface area contributed by atoms with Crippen LogP contribution in [0.25, 0.3) is 11.1 Å². The Morgan fingerprint density at radius 2 is 1.74 bits per heavy atom. The van der Waals surface area contributed by atoms with Crippen LogP contribution in [0.4, 0.5) is 13.2 Å². The first kappa shape index (κ1) is 28.2. The van der Waals surface area contributed by atoms with Crippen molar-refractivity contribution in [2.75, 3.05) is 13.7 Å². The van der Waals surface area contributed by atoms with Crippen molar-refractivity contribution >= 4 is 17.7 Å². The highest BCUT2D eigenvalue weighted by atomic mass is 19.4. The minimum Gasteiger partial charge on any atom is -0.465 e. The number of carbonyl (C=O) groups is 3.